The van der Waals surface area contributed by atoms with Crippen molar-refractivity contribution in [3.63, 3.8) is 0 Å². The summed E-state index contributed by atoms with van der Waals surface area (Å²) in [6.07, 6.45) is 4.11. The predicted molar refractivity (Wildman–Crippen MR) is 116 cm³/mol. The van der Waals surface area contributed by atoms with Crippen LogP contribution in [0.5, 0.6) is 5.75 Å². The normalized spacial score (nSPS) is 18.9. The summed E-state index contributed by atoms with van der Waals surface area (Å²) in [7, 11) is 0. The number of rotatable bonds is 0. The predicted octanol–water partition coefficient (Wildman–Crippen LogP) is 4.92. The summed E-state index contributed by atoms with van der Waals surface area (Å²) in [5.74, 6) is 0.950. The highest BCUT2D eigenvalue weighted by molar-refractivity contribution is 9.10. The number of fused-ring (bicyclic) bond motifs is 6. The summed E-state index contributed by atoms with van der Waals surface area (Å²) >= 11 is 7.21. The Morgan fingerprint density at radius 2 is 1.74 bits per heavy atom. The standard InChI is InChI=1S/C23H18Br2O2/c24-16-4-6-18-14(12-16)2-8-20-22(18)23-19-7-5-17(25)13-15(19)3-9-21(23)27-11-1-10-26-20/h2-8,12-13,21H,1,9-11H2. The molecule has 1 unspecified atom stereocenters. The van der Waals surface area contributed by atoms with Gasteiger partial charge < -0.3 is 9.47 Å². The molecule has 1 atom stereocenters. The Hall–Kier alpha value is -1.62. The molecule has 0 bridgehead atoms. The van der Waals surface area contributed by atoms with Gasteiger partial charge in [0.15, 0.2) is 0 Å². The van der Waals surface area contributed by atoms with Gasteiger partial charge in [0.1, 0.15) is 5.75 Å². The second-order valence-electron chi connectivity index (χ2n) is 6.95. The zero-order valence-electron chi connectivity index (χ0n) is 14.7. The Morgan fingerprint density at radius 3 is 2.67 bits per heavy atom. The molecular formula is C23H18Br2O2. The average molecular weight is 486 g/mol. The van der Waals surface area contributed by atoms with Gasteiger partial charge in [0.05, 0.1) is 19.3 Å². The summed E-state index contributed by atoms with van der Waals surface area (Å²) in [4.78, 5) is 0. The van der Waals surface area contributed by atoms with Crippen LogP contribution < -0.4 is 15.2 Å². The van der Waals surface area contributed by atoms with Gasteiger partial charge in [-0.25, -0.2) is 0 Å². The first-order chi connectivity index (χ1) is 13.2. The lowest BCUT2D eigenvalue weighted by Crippen LogP contribution is -2.36. The monoisotopic (exact) mass is 484 g/mol. The first-order valence-electron chi connectivity index (χ1n) is 9.18. The van der Waals surface area contributed by atoms with Crippen LogP contribution in [0.4, 0.5) is 0 Å². The van der Waals surface area contributed by atoms with Gasteiger partial charge in [-0.15, -0.1) is 0 Å². The van der Waals surface area contributed by atoms with Crippen LogP contribution >= 0.6 is 31.9 Å². The summed E-state index contributed by atoms with van der Waals surface area (Å²) in [6.45, 7) is 1.39. The third-order valence-electron chi connectivity index (χ3n) is 5.26. The molecule has 1 heterocycles. The second-order valence-corrected chi connectivity index (χ2v) is 8.78. The molecule has 0 fully saturated rings. The molecule has 27 heavy (non-hydrogen) atoms. The van der Waals surface area contributed by atoms with Gasteiger partial charge in [0.2, 0.25) is 0 Å². The van der Waals surface area contributed by atoms with Crippen molar-refractivity contribution < 1.29 is 9.47 Å². The molecule has 0 saturated heterocycles. The van der Waals surface area contributed by atoms with Crippen LogP contribution in [0.1, 0.15) is 18.4 Å². The fourth-order valence-electron chi connectivity index (χ4n) is 4.07. The highest BCUT2D eigenvalue weighted by atomic mass is 79.9. The van der Waals surface area contributed by atoms with Crippen molar-refractivity contribution in [3.05, 3.63) is 73.5 Å². The third kappa shape index (κ3) is 3.14. The summed E-state index contributed by atoms with van der Waals surface area (Å²) < 4.78 is 14.7. The number of halogens is 2. The number of ether oxygens (including phenoxy) is 2. The van der Waals surface area contributed by atoms with E-state index in [2.05, 4.69) is 86.5 Å². The summed E-state index contributed by atoms with van der Waals surface area (Å²) in [5, 5.41) is 4.89. The van der Waals surface area contributed by atoms with Crippen LogP contribution in [-0.4, -0.2) is 19.3 Å². The van der Waals surface area contributed by atoms with Crippen molar-refractivity contribution in [2.75, 3.05) is 13.2 Å². The highest BCUT2D eigenvalue weighted by Crippen LogP contribution is 2.38. The van der Waals surface area contributed by atoms with Crippen LogP contribution in [0.3, 0.4) is 0 Å². The van der Waals surface area contributed by atoms with Gasteiger partial charge in [-0.05, 0) is 58.0 Å². The van der Waals surface area contributed by atoms with Crippen molar-refractivity contribution in [2.45, 2.75) is 18.9 Å². The quantitative estimate of drug-likeness (QED) is 0.450. The van der Waals surface area contributed by atoms with E-state index in [9.17, 15) is 0 Å². The highest BCUT2D eigenvalue weighted by Gasteiger charge is 2.26. The van der Waals surface area contributed by atoms with E-state index in [0.717, 1.165) is 27.5 Å². The van der Waals surface area contributed by atoms with Gasteiger partial charge in [0.25, 0.3) is 0 Å². The SMILES string of the molecule is Brc1ccc2c(c1)=CCC1OCCCOc3ccc4cc(Br)ccc4c3C=21. The van der Waals surface area contributed by atoms with Crippen LogP contribution in [0.15, 0.2) is 57.5 Å². The fraction of sp³-hybridized carbons (Fsp3) is 0.217. The van der Waals surface area contributed by atoms with E-state index in [-0.39, 0.29) is 6.10 Å². The van der Waals surface area contributed by atoms with Crippen molar-refractivity contribution in [1.82, 2.24) is 0 Å². The minimum Gasteiger partial charge on any atom is -0.493 e. The topological polar surface area (TPSA) is 18.5 Å². The minimum absolute atomic E-state index is 0.0494. The van der Waals surface area contributed by atoms with E-state index in [1.807, 2.05) is 0 Å². The Kier molecular flexibility index (Phi) is 4.58. The molecule has 0 aromatic heterocycles. The molecule has 0 amide bonds. The molecule has 1 aliphatic heterocycles. The largest absolute Gasteiger partial charge is 0.493 e. The molecule has 0 radical (unpaired) electrons. The smallest absolute Gasteiger partial charge is 0.127 e. The molecule has 2 aliphatic rings. The van der Waals surface area contributed by atoms with Gasteiger partial charge in [-0.2, -0.15) is 0 Å². The van der Waals surface area contributed by atoms with E-state index in [1.54, 1.807) is 0 Å². The summed E-state index contributed by atoms with van der Waals surface area (Å²) in [6, 6.07) is 17.2. The molecule has 136 valence electrons. The lowest BCUT2D eigenvalue weighted by molar-refractivity contribution is 0.0869. The van der Waals surface area contributed by atoms with Crippen LogP contribution in [0, 0.1) is 0 Å². The molecule has 4 heteroatoms. The first kappa shape index (κ1) is 17.5. The maximum Gasteiger partial charge on any atom is 0.127 e. The lowest BCUT2D eigenvalue weighted by atomic mass is 9.87. The fourth-order valence-corrected chi connectivity index (χ4v) is 4.82. The Labute approximate surface area is 174 Å². The van der Waals surface area contributed by atoms with Crippen molar-refractivity contribution in [1.29, 1.82) is 0 Å². The zero-order valence-corrected chi connectivity index (χ0v) is 17.8. The third-order valence-corrected chi connectivity index (χ3v) is 6.24. The van der Waals surface area contributed by atoms with Gasteiger partial charge in [0, 0.05) is 26.5 Å². The summed E-state index contributed by atoms with van der Waals surface area (Å²) in [5.41, 5.74) is 2.41. The maximum atomic E-state index is 6.31. The number of hydrogen-bond donors (Lipinski definition) is 0. The minimum atomic E-state index is 0.0494. The van der Waals surface area contributed by atoms with E-state index in [0.29, 0.717) is 13.2 Å². The van der Waals surface area contributed by atoms with E-state index >= 15 is 0 Å². The number of benzene rings is 3. The molecule has 2 nitrogen and oxygen atoms in total. The Bertz CT molecular complexity index is 1170. The molecule has 0 spiro atoms. The molecule has 5 rings (SSSR count). The molecule has 0 saturated carbocycles. The zero-order chi connectivity index (χ0) is 18.4. The Balaban J connectivity index is 1.93. The first-order valence-corrected chi connectivity index (χ1v) is 10.8. The van der Waals surface area contributed by atoms with Gasteiger partial charge in [-0.3, -0.25) is 0 Å². The molecule has 3 aromatic rings. The average Bonchev–Trinajstić information content (AvgIpc) is 2.76. The molecular weight excluding hydrogens is 468 g/mol. The van der Waals surface area contributed by atoms with Crippen LogP contribution in [-0.2, 0) is 4.74 Å². The second kappa shape index (κ2) is 7.08. The van der Waals surface area contributed by atoms with E-state index in [1.165, 1.54) is 32.3 Å². The van der Waals surface area contributed by atoms with E-state index in [4.69, 9.17) is 9.47 Å². The maximum absolute atomic E-state index is 6.31. The molecule has 1 aliphatic carbocycles. The van der Waals surface area contributed by atoms with Crippen molar-refractivity contribution in [3.8, 4) is 5.75 Å². The molecule has 0 N–H and O–H groups in total. The van der Waals surface area contributed by atoms with Crippen molar-refractivity contribution >= 4 is 54.3 Å². The van der Waals surface area contributed by atoms with Crippen molar-refractivity contribution in [2.24, 2.45) is 0 Å². The van der Waals surface area contributed by atoms with E-state index < -0.39 is 0 Å². The number of hydrogen-bond acceptors (Lipinski definition) is 2. The molecule has 3 aromatic carbocycles. The van der Waals surface area contributed by atoms with Crippen LogP contribution in [0.2, 0.25) is 0 Å². The van der Waals surface area contributed by atoms with Crippen LogP contribution in [0.25, 0.3) is 22.4 Å². The van der Waals surface area contributed by atoms with Gasteiger partial charge in [-0.1, -0.05) is 56.1 Å². The Morgan fingerprint density at radius 1 is 0.889 bits per heavy atom. The lowest BCUT2D eigenvalue weighted by Gasteiger charge is -2.25. The van der Waals surface area contributed by atoms with Gasteiger partial charge >= 0.3 is 0 Å².